The van der Waals surface area contributed by atoms with Gasteiger partial charge in [-0.3, -0.25) is 10.3 Å². The molecule has 0 atom stereocenters. The molecule has 0 radical (unpaired) electrons. The highest BCUT2D eigenvalue weighted by molar-refractivity contribution is 5.49. The minimum atomic E-state index is 0.501. The number of anilines is 2. The molecule has 96 valence electrons. The third-order valence-electron chi connectivity index (χ3n) is 2.49. The molecule has 19 heavy (non-hydrogen) atoms. The highest BCUT2D eigenvalue weighted by Crippen LogP contribution is 2.10. The minimum absolute atomic E-state index is 0.501. The van der Waals surface area contributed by atoms with Crippen molar-refractivity contribution in [3.63, 3.8) is 0 Å². The Labute approximate surface area is 111 Å². The number of nitrogens with zero attached hydrogens (tertiary/aromatic N) is 4. The standard InChI is InChI=1S/C13H14N6/c1-10-18-12(8-13(19-10)17-9-14)16-7-4-11-2-5-15-6-3-11/h2-3,5-6,8H,4,7H2,1H3,(H2,16,17,18,19). The van der Waals surface area contributed by atoms with Crippen LogP contribution in [0.4, 0.5) is 11.6 Å². The van der Waals surface area contributed by atoms with Gasteiger partial charge in [0.2, 0.25) is 0 Å². The van der Waals surface area contributed by atoms with Crippen molar-refractivity contribution < 1.29 is 0 Å². The lowest BCUT2D eigenvalue weighted by Crippen LogP contribution is -2.08. The maximum Gasteiger partial charge on any atom is 0.182 e. The SMILES string of the molecule is Cc1nc(NC#N)cc(NCCc2ccncc2)n1. The van der Waals surface area contributed by atoms with E-state index >= 15 is 0 Å². The first-order chi connectivity index (χ1) is 9.28. The molecule has 0 fully saturated rings. The summed E-state index contributed by atoms with van der Waals surface area (Å²) in [6, 6.07) is 5.67. The number of aryl methyl sites for hydroxylation is 1. The van der Waals surface area contributed by atoms with Crippen LogP contribution in [0, 0.1) is 18.4 Å². The Balaban J connectivity index is 1.94. The Kier molecular flexibility index (Phi) is 4.24. The van der Waals surface area contributed by atoms with Gasteiger partial charge in [-0.1, -0.05) is 0 Å². The van der Waals surface area contributed by atoms with E-state index < -0.39 is 0 Å². The van der Waals surface area contributed by atoms with Gasteiger partial charge in [-0.25, -0.2) is 9.97 Å². The second kappa shape index (κ2) is 6.31. The quantitative estimate of drug-likeness (QED) is 0.624. The summed E-state index contributed by atoms with van der Waals surface area (Å²) < 4.78 is 0. The summed E-state index contributed by atoms with van der Waals surface area (Å²) in [6.45, 7) is 2.54. The van der Waals surface area contributed by atoms with Gasteiger partial charge in [0, 0.05) is 25.0 Å². The molecule has 0 aliphatic heterocycles. The molecule has 0 unspecified atom stereocenters. The number of hydrogen-bond acceptors (Lipinski definition) is 6. The van der Waals surface area contributed by atoms with Crippen molar-refractivity contribution in [2.75, 3.05) is 17.2 Å². The summed E-state index contributed by atoms with van der Waals surface area (Å²) >= 11 is 0. The van der Waals surface area contributed by atoms with Crippen molar-refractivity contribution in [1.82, 2.24) is 15.0 Å². The third kappa shape index (κ3) is 3.92. The van der Waals surface area contributed by atoms with Gasteiger partial charge >= 0.3 is 0 Å². The fourth-order valence-electron chi connectivity index (χ4n) is 1.66. The van der Waals surface area contributed by atoms with Crippen LogP contribution < -0.4 is 10.6 Å². The lowest BCUT2D eigenvalue weighted by molar-refractivity contribution is 0.979. The number of hydrogen-bond donors (Lipinski definition) is 2. The van der Waals surface area contributed by atoms with Gasteiger partial charge < -0.3 is 5.32 Å². The maximum absolute atomic E-state index is 8.58. The molecule has 0 saturated heterocycles. The molecule has 0 spiro atoms. The first-order valence-corrected chi connectivity index (χ1v) is 5.91. The largest absolute Gasteiger partial charge is 0.370 e. The van der Waals surface area contributed by atoms with Crippen molar-refractivity contribution in [1.29, 1.82) is 5.26 Å². The number of nitriles is 1. The van der Waals surface area contributed by atoms with Gasteiger partial charge in [-0.2, -0.15) is 5.26 Å². The summed E-state index contributed by atoms with van der Waals surface area (Å²) in [5.41, 5.74) is 1.21. The molecule has 0 bridgehead atoms. The molecule has 2 N–H and O–H groups in total. The zero-order valence-electron chi connectivity index (χ0n) is 10.6. The molecule has 6 nitrogen and oxygen atoms in total. The van der Waals surface area contributed by atoms with Gasteiger partial charge in [0.1, 0.15) is 17.5 Å². The van der Waals surface area contributed by atoms with E-state index in [0.717, 1.165) is 13.0 Å². The highest BCUT2D eigenvalue weighted by atomic mass is 15.1. The van der Waals surface area contributed by atoms with Gasteiger partial charge in [0.15, 0.2) is 6.19 Å². The number of aromatic nitrogens is 3. The zero-order chi connectivity index (χ0) is 13.5. The van der Waals surface area contributed by atoms with Crippen molar-refractivity contribution in [2.24, 2.45) is 0 Å². The van der Waals surface area contributed by atoms with Crippen LogP contribution in [0.25, 0.3) is 0 Å². The summed E-state index contributed by atoms with van der Waals surface area (Å²) in [5, 5.41) is 14.3. The van der Waals surface area contributed by atoms with E-state index in [2.05, 4.69) is 25.6 Å². The van der Waals surface area contributed by atoms with E-state index in [1.54, 1.807) is 25.4 Å². The maximum atomic E-state index is 8.58. The van der Waals surface area contributed by atoms with E-state index in [1.807, 2.05) is 18.3 Å². The Morgan fingerprint density at radius 1 is 1.21 bits per heavy atom. The van der Waals surface area contributed by atoms with Crippen LogP contribution >= 0.6 is 0 Å². The molecule has 0 aliphatic carbocycles. The van der Waals surface area contributed by atoms with Gasteiger partial charge in [0.05, 0.1) is 0 Å². The molecule has 2 aromatic heterocycles. The molecule has 2 heterocycles. The summed E-state index contributed by atoms with van der Waals surface area (Å²) in [7, 11) is 0. The van der Waals surface area contributed by atoms with Gasteiger partial charge in [-0.05, 0) is 31.0 Å². The third-order valence-corrected chi connectivity index (χ3v) is 2.49. The predicted molar refractivity (Wildman–Crippen MR) is 72.4 cm³/mol. The van der Waals surface area contributed by atoms with Gasteiger partial charge in [0.25, 0.3) is 0 Å². The number of rotatable bonds is 5. The Morgan fingerprint density at radius 3 is 2.68 bits per heavy atom. The summed E-state index contributed by atoms with van der Waals surface area (Å²) in [4.78, 5) is 12.3. The lowest BCUT2D eigenvalue weighted by Gasteiger charge is -2.07. The molecular weight excluding hydrogens is 240 g/mol. The summed E-state index contributed by atoms with van der Waals surface area (Å²) in [6.07, 6.45) is 6.28. The number of nitrogens with one attached hydrogen (secondary N) is 2. The van der Waals surface area contributed by atoms with E-state index in [1.165, 1.54) is 5.56 Å². The Bertz CT molecular complexity index is 575. The Hall–Kier alpha value is -2.68. The average molecular weight is 254 g/mol. The van der Waals surface area contributed by atoms with Crippen LogP contribution in [0.3, 0.4) is 0 Å². The van der Waals surface area contributed by atoms with Crippen molar-refractivity contribution in [3.05, 3.63) is 42.0 Å². The first-order valence-electron chi connectivity index (χ1n) is 5.91. The predicted octanol–water partition coefficient (Wildman–Crippen LogP) is 1.73. The van der Waals surface area contributed by atoms with E-state index in [9.17, 15) is 0 Å². The van der Waals surface area contributed by atoms with Crippen LogP contribution in [0.1, 0.15) is 11.4 Å². The second-order valence-electron chi connectivity index (χ2n) is 3.95. The normalized spacial score (nSPS) is 9.68. The molecule has 0 amide bonds. The molecule has 0 aliphatic rings. The zero-order valence-corrected chi connectivity index (χ0v) is 10.6. The number of pyridine rings is 1. The minimum Gasteiger partial charge on any atom is -0.370 e. The highest BCUT2D eigenvalue weighted by Gasteiger charge is 2.01. The average Bonchev–Trinajstić information content (AvgIpc) is 2.40. The van der Waals surface area contributed by atoms with E-state index in [0.29, 0.717) is 17.5 Å². The fraction of sp³-hybridized carbons (Fsp3) is 0.231. The molecular formula is C13H14N6. The van der Waals surface area contributed by atoms with Crippen molar-refractivity contribution >= 4 is 11.6 Å². The fourth-order valence-corrected chi connectivity index (χ4v) is 1.66. The van der Waals surface area contributed by atoms with Crippen LogP contribution in [-0.2, 0) is 6.42 Å². The smallest absolute Gasteiger partial charge is 0.182 e. The van der Waals surface area contributed by atoms with Crippen molar-refractivity contribution in [3.8, 4) is 6.19 Å². The van der Waals surface area contributed by atoms with Crippen LogP contribution in [-0.4, -0.2) is 21.5 Å². The molecule has 2 aromatic rings. The topological polar surface area (TPSA) is 86.5 Å². The molecule has 0 aromatic carbocycles. The molecule has 6 heteroatoms. The molecule has 2 rings (SSSR count). The van der Waals surface area contributed by atoms with Crippen LogP contribution in [0.2, 0.25) is 0 Å². The first kappa shape index (κ1) is 12.8. The molecule has 0 saturated carbocycles. The summed E-state index contributed by atoms with van der Waals surface area (Å²) in [5.74, 6) is 1.83. The van der Waals surface area contributed by atoms with Crippen LogP contribution in [0.5, 0.6) is 0 Å². The van der Waals surface area contributed by atoms with Gasteiger partial charge in [-0.15, -0.1) is 0 Å². The second-order valence-corrected chi connectivity index (χ2v) is 3.95. The van der Waals surface area contributed by atoms with Crippen LogP contribution in [0.15, 0.2) is 30.6 Å². The lowest BCUT2D eigenvalue weighted by atomic mass is 10.2. The van der Waals surface area contributed by atoms with Crippen molar-refractivity contribution in [2.45, 2.75) is 13.3 Å². The van der Waals surface area contributed by atoms with E-state index in [-0.39, 0.29) is 0 Å². The monoisotopic (exact) mass is 254 g/mol. The Morgan fingerprint density at radius 2 is 1.95 bits per heavy atom. The van der Waals surface area contributed by atoms with E-state index in [4.69, 9.17) is 5.26 Å².